The standard InChI is InChI=1S/C15H16BrClN2O/c1-20-15-6-5-10(7-13(15)16)8-14(19-18)11-3-2-4-12(17)9-11/h2-7,9,14,19H,8,18H2,1H3. The molecule has 0 saturated carbocycles. The van der Waals surface area contributed by atoms with Crippen LogP contribution in [0, 0.1) is 0 Å². The summed E-state index contributed by atoms with van der Waals surface area (Å²) in [5.41, 5.74) is 5.05. The van der Waals surface area contributed by atoms with Crippen LogP contribution in [0.2, 0.25) is 5.02 Å². The second-order valence-corrected chi connectivity index (χ2v) is 5.74. The molecule has 0 amide bonds. The van der Waals surface area contributed by atoms with E-state index in [0.29, 0.717) is 5.02 Å². The molecule has 3 nitrogen and oxygen atoms in total. The van der Waals surface area contributed by atoms with Crippen LogP contribution in [0.3, 0.4) is 0 Å². The SMILES string of the molecule is COc1ccc(CC(NN)c2cccc(Cl)c2)cc1Br. The number of benzene rings is 2. The van der Waals surface area contributed by atoms with E-state index in [-0.39, 0.29) is 6.04 Å². The van der Waals surface area contributed by atoms with Crippen molar-refractivity contribution in [2.24, 2.45) is 5.84 Å². The van der Waals surface area contributed by atoms with Crippen LogP contribution in [0.15, 0.2) is 46.9 Å². The zero-order chi connectivity index (χ0) is 14.5. The van der Waals surface area contributed by atoms with Gasteiger partial charge in [-0.15, -0.1) is 0 Å². The molecule has 0 heterocycles. The Morgan fingerprint density at radius 1 is 1.30 bits per heavy atom. The maximum absolute atomic E-state index is 6.02. The van der Waals surface area contributed by atoms with Gasteiger partial charge >= 0.3 is 0 Å². The van der Waals surface area contributed by atoms with Gasteiger partial charge in [0.15, 0.2) is 0 Å². The van der Waals surface area contributed by atoms with Crippen molar-refractivity contribution in [3.8, 4) is 5.75 Å². The van der Waals surface area contributed by atoms with Crippen LogP contribution < -0.4 is 16.0 Å². The Labute approximate surface area is 132 Å². The number of hydrazine groups is 1. The molecule has 3 N–H and O–H groups in total. The van der Waals surface area contributed by atoms with Gasteiger partial charge in [-0.3, -0.25) is 11.3 Å². The van der Waals surface area contributed by atoms with E-state index in [1.807, 2.05) is 42.5 Å². The number of nitrogens with two attached hydrogens (primary N) is 1. The normalized spacial score (nSPS) is 12.2. The van der Waals surface area contributed by atoms with E-state index >= 15 is 0 Å². The molecule has 0 spiro atoms. The first-order chi connectivity index (χ1) is 9.63. The fourth-order valence-corrected chi connectivity index (χ4v) is 2.86. The predicted octanol–water partition coefficient (Wildman–Crippen LogP) is 3.86. The van der Waals surface area contributed by atoms with E-state index in [4.69, 9.17) is 22.2 Å². The Morgan fingerprint density at radius 3 is 2.70 bits per heavy atom. The molecule has 0 bridgehead atoms. The Balaban J connectivity index is 2.20. The minimum Gasteiger partial charge on any atom is -0.496 e. The molecule has 0 aliphatic carbocycles. The van der Waals surface area contributed by atoms with Crippen molar-refractivity contribution in [1.29, 1.82) is 0 Å². The molecule has 2 rings (SSSR count). The van der Waals surface area contributed by atoms with Gasteiger partial charge in [-0.1, -0.05) is 29.8 Å². The smallest absolute Gasteiger partial charge is 0.133 e. The molecule has 0 radical (unpaired) electrons. The van der Waals surface area contributed by atoms with Crippen LogP contribution in [0.4, 0.5) is 0 Å². The van der Waals surface area contributed by atoms with Gasteiger partial charge in [-0.05, 0) is 57.7 Å². The third-order valence-electron chi connectivity index (χ3n) is 3.11. The Hall–Kier alpha value is -1.07. The van der Waals surface area contributed by atoms with Crippen molar-refractivity contribution >= 4 is 27.5 Å². The van der Waals surface area contributed by atoms with Crippen LogP contribution >= 0.6 is 27.5 Å². The van der Waals surface area contributed by atoms with Gasteiger partial charge in [-0.2, -0.15) is 0 Å². The van der Waals surface area contributed by atoms with Crippen molar-refractivity contribution in [3.05, 3.63) is 63.1 Å². The Kier molecular flexibility index (Phi) is 5.43. The molecule has 0 saturated heterocycles. The first kappa shape index (κ1) is 15.3. The van der Waals surface area contributed by atoms with Crippen molar-refractivity contribution in [3.63, 3.8) is 0 Å². The first-order valence-corrected chi connectivity index (χ1v) is 7.35. The summed E-state index contributed by atoms with van der Waals surface area (Å²) in [6.45, 7) is 0. The van der Waals surface area contributed by atoms with E-state index in [1.54, 1.807) is 7.11 Å². The maximum atomic E-state index is 6.02. The summed E-state index contributed by atoms with van der Waals surface area (Å²) in [6, 6.07) is 13.7. The minimum absolute atomic E-state index is 0.00833. The lowest BCUT2D eigenvalue weighted by atomic mass is 9.99. The van der Waals surface area contributed by atoms with E-state index in [2.05, 4.69) is 21.4 Å². The first-order valence-electron chi connectivity index (χ1n) is 6.18. The number of rotatable bonds is 5. The fraction of sp³-hybridized carbons (Fsp3) is 0.200. The van der Waals surface area contributed by atoms with Gasteiger partial charge in [0.05, 0.1) is 17.6 Å². The third kappa shape index (κ3) is 3.73. The van der Waals surface area contributed by atoms with E-state index in [1.165, 1.54) is 0 Å². The molecular weight excluding hydrogens is 340 g/mol. The number of hydrogen-bond donors (Lipinski definition) is 2. The van der Waals surface area contributed by atoms with Gasteiger partial charge in [0.1, 0.15) is 5.75 Å². The monoisotopic (exact) mass is 354 g/mol. The molecule has 106 valence electrons. The van der Waals surface area contributed by atoms with Gasteiger partial charge < -0.3 is 4.74 Å². The van der Waals surface area contributed by atoms with Crippen LogP contribution in [-0.2, 0) is 6.42 Å². The van der Waals surface area contributed by atoms with E-state index in [0.717, 1.165) is 27.8 Å². The lowest BCUT2D eigenvalue weighted by Gasteiger charge is -2.17. The summed E-state index contributed by atoms with van der Waals surface area (Å²) < 4.78 is 6.16. The molecule has 1 unspecified atom stereocenters. The summed E-state index contributed by atoms with van der Waals surface area (Å²) in [6.07, 6.45) is 0.763. The number of halogens is 2. The predicted molar refractivity (Wildman–Crippen MR) is 85.9 cm³/mol. The zero-order valence-electron chi connectivity index (χ0n) is 11.1. The van der Waals surface area contributed by atoms with Gasteiger partial charge in [0.25, 0.3) is 0 Å². The number of ether oxygens (including phenoxy) is 1. The molecule has 0 aliphatic rings. The summed E-state index contributed by atoms with van der Waals surface area (Å²) in [7, 11) is 1.65. The van der Waals surface area contributed by atoms with Crippen LogP contribution in [0.5, 0.6) is 5.75 Å². The van der Waals surface area contributed by atoms with Crippen molar-refractivity contribution in [2.45, 2.75) is 12.5 Å². The van der Waals surface area contributed by atoms with Crippen LogP contribution in [-0.4, -0.2) is 7.11 Å². The highest BCUT2D eigenvalue weighted by molar-refractivity contribution is 9.10. The zero-order valence-corrected chi connectivity index (χ0v) is 13.4. The average molecular weight is 356 g/mol. The van der Waals surface area contributed by atoms with Crippen molar-refractivity contribution in [2.75, 3.05) is 7.11 Å². The summed E-state index contributed by atoms with van der Waals surface area (Å²) in [5, 5.41) is 0.707. The van der Waals surface area contributed by atoms with Gasteiger partial charge in [0.2, 0.25) is 0 Å². The third-order valence-corrected chi connectivity index (χ3v) is 3.96. The Morgan fingerprint density at radius 2 is 2.10 bits per heavy atom. The second-order valence-electron chi connectivity index (χ2n) is 4.45. The van der Waals surface area contributed by atoms with Gasteiger partial charge in [-0.25, -0.2) is 0 Å². The highest BCUT2D eigenvalue weighted by atomic mass is 79.9. The average Bonchev–Trinajstić information content (AvgIpc) is 2.45. The molecule has 20 heavy (non-hydrogen) atoms. The maximum Gasteiger partial charge on any atom is 0.133 e. The highest BCUT2D eigenvalue weighted by Crippen LogP contribution is 2.28. The molecule has 1 atom stereocenters. The summed E-state index contributed by atoms with van der Waals surface area (Å²) >= 11 is 9.51. The molecule has 0 fully saturated rings. The number of methoxy groups -OCH3 is 1. The van der Waals surface area contributed by atoms with E-state index < -0.39 is 0 Å². The second kappa shape index (κ2) is 7.09. The molecule has 0 aliphatic heterocycles. The van der Waals surface area contributed by atoms with Crippen molar-refractivity contribution < 1.29 is 4.74 Å². The fourth-order valence-electron chi connectivity index (χ4n) is 2.07. The molecular formula is C15H16BrClN2O. The molecule has 2 aromatic carbocycles. The van der Waals surface area contributed by atoms with Gasteiger partial charge in [0, 0.05) is 5.02 Å². The lowest BCUT2D eigenvalue weighted by Crippen LogP contribution is -2.29. The summed E-state index contributed by atoms with van der Waals surface area (Å²) in [4.78, 5) is 0. The van der Waals surface area contributed by atoms with E-state index in [9.17, 15) is 0 Å². The molecule has 2 aromatic rings. The topological polar surface area (TPSA) is 47.3 Å². The van der Waals surface area contributed by atoms with Crippen LogP contribution in [0.25, 0.3) is 0 Å². The number of nitrogens with one attached hydrogen (secondary N) is 1. The highest BCUT2D eigenvalue weighted by Gasteiger charge is 2.12. The summed E-state index contributed by atoms with van der Waals surface area (Å²) in [5.74, 6) is 6.48. The number of hydrogen-bond acceptors (Lipinski definition) is 3. The van der Waals surface area contributed by atoms with Crippen molar-refractivity contribution in [1.82, 2.24) is 5.43 Å². The largest absolute Gasteiger partial charge is 0.496 e. The lowest BCUT2D eigenvalue weighted by molar-refractivity contribution is 0.412. The molecule has 5 heteroatoms. The molecule has 0 aromatic heterocycles. The van der Waals surface area contributed by atoms with Crippen LogP contribution in [0.1, 0.15) is 17.2 Å². The minimum atomic E-state index is 0.00833. The quantitative estimate of drug-likeness (QED) is 0.632. The Bertz CT molecular complexity index is 592.